The number of hydrogen-bond acceptors (Lipinski definition) is 4. The predicted molar refractivity (Wildman–Crippen MR) is 43.0 cm³/mol. The van der Waals surface area contributed by atoms with Gasteiger partial charge in [0.25, 0.3) is 10.1 Å². The first-order valence-corrected chi connectivity index (χ1v) is 5.03. The molecule has 0 amide bonds. The van der Waals surface area contributed by atoms with Gasteiger partial charge in [-0.3, -0.25) is 4.55 Å². The second-order valence-corrected chi connectivity index (χ2v) is 3.75. The van der Waals surface area contributed by atoms with E-state index in [9.17, 15) is 8.42 Å². The fourth-order valence-corrected chi connectivity index (χ4v) is 1.12. The molecule has 0 saturated heterocycles. The van der Waals surface area contributed by atoms with Gasteiger partial charge in [-0.25, -0.2) is 0 Å². The Morgan fingerprint density at radius 1 is 1.36 bits per heavy atom. The van der Waals surface area contributed by atoms with Gasteiger partial charge in [-0.2, -0.15) is 8.42 Å². The SMILES string of the molecule is NCCNCCCS(=O)(=O)O. The number of nitrogens with one attached hydrogen (secondary N) is 1. The van der Waals surface area contributed by atoms with Crippen molar-refractivity contribution in [1.82, 2.24) is 5.32 Å². The molecule has 0 unspecified atom stereocenters. The maximum absolute atomic E-state index is 10.2. The Morgan fingerprint density at radius 2 is 2.00 bits per heavy atom. The van der Waals surface area contributed by atoms with Crippen LogP contribution in [0.4, 0.5) is 0 Å². The van der Waals surface area contributed by atoms with Gasteiger partial charge in [0.1, 0.15) is 0 Å². The van der Waals surface area contributed by atoms with Crippen LogP contribution in [-0.4, -0.2) is 38.4 Å². The van der Waals surface area contributed by atoms with Crippen LogP contribution in [0.1, 0.15) is 6.42 Å². The average Bonchev–Trinajstić information content (AvgIpc) is 1.85. The minimum Gasteiger partial charge on any atom is -0.329 e. The van der Waals surface area contributed by atoms with E-state index in [1.54, 1.807) is 0 Å². The Morgan fingerprint density at radius 3 is 2.45 bits per heavy atom. The van der Waals surface area contributed by atoms with Gasteiger partial charge in [-0.1, -0.05) is 0 Å². The van der Waals surface area contributed by atoms with Gasteiger partial charge in [0.05, 0.1) is 5.75 Å². The lowest BCUT2D eigenvalue weighted by Gasteiger charge is -2.00. The quantitative estimate of drug-likeness (QED) is 0.355. The van der Waals surface area contributed by atoms with Gasteiger partial charge >= 0.3 is 0 Å². The first-order chi connectivity index (χ1) is 5.06. The van der Waals surface area contributed by atoms with Crippen LogP contribution in [0, 0.1) is 0 Å². The summed E-state index contributed by atoms with van der Waals surface area (Å²) < 4.78 is 28.6. The molecular weight excluding hydrogens is 168 g/mol. The lowest BCUT2D eigenvalue weighted by atomic mass is 10.5. The van der Waals surface area contributed by atoms with Crippen molar-refractivity contribution >= 4 is 10.1 Å². The summed E-state index contributed by atoms with van der Waals surface area (Å²) in [5.41, 5.74) is 5.17. The summed E-state index contributed by atoms with van der Waals surface area (Å²) in [7, 11) is -3.78. The zero-order chi connectivity index (χ0) is 8.74. The first kappa shape index (κ1) is 10.8. The predicted octanol–water partition coefficient (Wildman–Crippen LogP) is -1.19. The molecule has 0 atom stereocenters. The summed E-state index contributed by atoms with van der Waals surface area (Å²) in [5.74, 6) is -0.190. The van der Waals surface area contributed by atoms with Gasteiger partial charge in [0.2, 0.25) is 0 Å². The molecule has 6 heteroatoms. The van der Waals surface area contributed by atoms with E-state index in [-0.39, 0.29) is 5.75 Å². The summed E-state index contributed by atoms with van der Waals surface area (Å²) in [6.45, 7) is 1.77. The van der Waals surface area contributed by atoms with Gasteiger partial charge in [0.15, 0.2) is 0 Å². The van der Waals surface area contributed by atoms with Crippen LogP contribution >= 0.6 is 0 Å². The topological polar surface area (TPSA) is 92.4 Å². The van der Waals surface area contributed by atoms with E-state index in [2.05, 4.69) is 5.32 Å². The largest absolute Gasteiger partial charge is 0.329 e. The van der Waals surface area contributed by atoms with Gasteiger partial charge in [-0.15, -0.1) is 0 Å². The summed E-state index contributed by atoms with van der Waals surface area (Å²) >= 11 is 0. The molecule has 5 nitrogen and oxygen atoms in total. The highest BCUT2D eigenvalue weighted by Gasteiger charge is 2.01. The zero-order valence-electron chi connectivity index (χ0n) is 6.28. The second-order valence-electron chi connectivity index (χ2n) is 2.18. The van der Waals surface area contributed by atoms with Gasteiger partial charge in [0, 0.05) is 13.1 Å². The molecule has 0 saturated carbocycles. The monoisotopic (exact) mass is 182 g/mol. The molecule has 0 aliphatic heterocycles. The maximum Gasteiger partial charge on any atom is 0.264 e. The van der Waals surface area contributed by atoms with Crippen molar-refractivity contribution in [2.75, 3.05) is 25.4 Å². The van der Waals surface area contributed by atoms with E-state index in [4.69, 9.17) is 10.3 Å². The van der Waals surface area contributed by atoms with E-state index in [0.717, 1.165) is 0 Å². The van der Waals surface area contributed by atoms with E-state index >= 15 is 0 Å². The van der Waals surface area contributed by atoms with Crippen LogP contribution in [0.2, 0.25) is 0 Å². The molecule has 0 aromatic heterocycles. The van der Waals surface area contributed by atoms with Crippen LogP contribution in [0.25, 0.3) is 0 Å². The van der Waals surface area contributed by atoms with Gasteiger partial charge < -0.3 is 11.1 Å². The number of nitrogens with two attached hydrogens (primary N) is 1. The van der Waals surface area contributed by atoms with E-state index in [0.29, 0.717) is 26.1 Å². The molecule has 0 fully saturated rings. The van der Waals surface area contributed by atoms with Crippen LogP contribution < -0.4 is 11.1 Å². The summed E-state index contributed by atoms with van der Waals surface area (Å²) in [4.78, 5) is 0. The molecule has 11 heavy (non-hydrogen) atoms. The minimum atomic E-state index is -3.78. The summed E-state index contributed by atoms with van der Waals surface area (Å²) in [6.07, 6.45) is 0.416. The minimum absolute atomic E-state index is 0.190. The smallest absolute Gasteiger partial charge is 0.264 e. The Balaban J connectivity index is 3.16. The molecule has 0 bridgehead atoms. The molecule has 4 N–H and O–H groups in total. The summed E-state index contributed by atoms with van der Waals surface area (Å²) in [5, 5.41) is 2.91. The van der Waals surface area contributed by atoms with Crippen LogP contribution in [0.15, 0.2) is 0 Å². The van der Waals surface area contributed by atoms with Crippen molar-refractivity contribution in [1.29, 1.82) is 0 Å². The molecule has 0 radical (unpaired) electrons. The number of rotatable bonds is 6. The van der Waals surface area contributed by atoms with Crippen molar-refractivity contribution in [3.63, 3.8) is 0 Å². The fourth-order valence-electron chi connectivity index (χ4n) is 0.607. The van der Waals surface area contributed by atoms with Crippen molar-refractivity contribution in [3.05, 3.63) is 0 Å². The summed E-state index contributed by atoms with van der Waals surface area (Å²) in [6, 6.07) is 0. The van der Waals surface area contributed by atoms with E-state index in [1.807, 2.05) is 0 Å². The molecule has 0 aliphatic rings. The highest BCUT2D eigenvalue weighted by atomic mass is 32.2. The fraction of sp³-hybridized carbons (Fsp3) is 1.00. The van der Waals surface area contributed by atoms with Crippen molar-refractivity contribution in [3.8, 4) is 0 Å². The maximum atomic E-state index is 10.2. The Kier molecular flexibility index (Phi) is 5.39. The Labute approximate surface area is 66.7 Å². The molecule has 0 aliphatic carbocycles. The highest BCUT2D eigenvalue weighted by molar-refractivity contribution is 7.85. The van der Waals surface area contributed by atoms with E-state index < -0.39 is 10.1 Å². The Hall–Kier alpha value is -0.170. The lowest BCUT2D eigenvalue weighted by molar-refractivity contribution is 0.480. The van der Waals surface area contributed by atoms with Crippen molar-refractivity contribution in [2.45, 2.75) is 6.42 Å². The Bertz CT molecular complexity index is 178. The van der Waals surface area contributed by atoms with Crippen molar-refractivity contribution in [2.24, 2.45) is 5.73 Å². The third-order valence-corrected chi connectivity index (χ3v) is 1.88. The highest BCUT2D eigenvalue weighted by Crippen LogP contribution is 1.85. The van der Waals surface area contributed by atoms with E-state index in [1.165, 1.54) is 0 Å². The molecule has 0 aromatic carbocycles. The number of hydrogen-bond donors (Lipinski definition) is 3. The first-order valence-electron chi connectivity index (χ1n) is 3.42. The second kappa shape index (κ2) is 5.48. The van der Waals surface area contributed by atoms with Crippen LogP contribution in [0.3, 0.4) is 0 Å². The van der Waals surface area contributed by atoms with Crippen LogP contribution in [-0.2, 0) is 10.1 Å². The average molecular weight is 182 g/mol. The lowest BCUT2D eigenvalue weighted by Crippen LogP contribution is -2.24. The van der Waals surface area contributed by atoms with Gasteiger partial charge in [-0.05, 0) is 13.0 Å². The van der Waals surface area contributed by atoms with Crippen LogP contribution in [0.5, 0.6) is 0 Å². The molecule has 0 aromatic rings. The zero-order valence-corrected chi connectivity index (χ0v) is 7.10. The standard InChI is InChI=1S/C5H14N2O3S/c6-2-4-7-3-1-5-11(8,9)10/h7H,1-6H2,(H,8,9,10). The normalized spacial score (nSPS) is 11.8. The molecular formula is C5H14N2O3S. The third kappa shape index (κ3) is 9.83. The molecule has 68 valence electrons. The molecule has 0 heterocycles. The third-order valence-electron chi connectivity index (χ3n) is 1.08. The molecule has 0 spiro atoms. The molecule has 0 rings (SSSR count). The van der Waals surface area contributed by atoms with Crippen molar-refractivity contribution < 1.29 is 13.0 Å².